The Morgan fingerprint density at radius 2 is 1.81 bits per heavy atom. The molecule has 2 rings (SSSR count). The third-order valence-electron chi connectivity index (χ3n) is 4.55. The number of hydrogen-bond donors (Lipinski definition) is 2. The molecular formula is C19H30N4O3S. The van der Waals surface area contributed by atoms with E-state index in [1.165, 1.54) is 0 Å². The van der Waals surface area contributed by atoms with E-state index in [2.05, 4.69) is 5.32 Å². The molecule has 0 radical (unpaired) electrons. The van der Waals surface area contributed by atoms with Gasteiger partial charge >= 0.3 is 0 Å². The van der Waals surface area contributed by atoms with Gasteiger partial charge in [-0.3, -0.25) is 10.2 Å². The SMILES string of the molecule is CCCC(=O)NCCc1ccc(S(=O)(=O)N2CCN(C(C)(C)C)C2=N)cc1. The average molecular weight is 395 g/mol. The second-order valence-corrected chi connectivity index (χ2v) is 9.58. The summed E-state index contributed by atoms with van der Waals surface area (Å²) in [5.74, 6) is 0.0536. The van der Waals surface area contributed by atoms with E-state index in [-0.39, 0.29) is 28.8 Å². The number of sulfonamides is 1. The molecule has 7 nitrogen and oxygen atoms in total. The maximum absolute atomic E-state index is 12.9. The van der Waals surface area contributed by atoms with E-state index in [4.69, 9.17) is 5.41 Å². The molecule has 0 unspecified atom stereocenters. The van der Waals surface area contributed by atoms with E-state index in [1.54, 1.807) is 29.2 Å². The molecule has 2 N–H and O–H groups in total. The van der Waals surface area contributed by atoms with Gasteiger partial charge < -0.3 is 10.2 Å². The molecule has 1 heterocycles. The molecule has 0 atom stereocenters. The lowest BCUT2D eigenvalue weighted by atomic mass is 10.1. The average Bonchev–Trinajstić information content (AvgIpc) is 2.98. The summed E-state index contributed by atoms with van der Waals surface area (Å²) in [6, 6.07) is 6.68. The Labute approximate surface area is 162 Å². The molecule has 27 heavy (non-hydrogen) atoms. The van der Waals surface area contributed by atoms with E-state index in [0.29, 0.717) is 25.9 Å². The van der Waals surface area contributed by atoms with Crippen LogP contribution in [0.3, 0.4) is 0 Å². The first-order valence-electron chi connectivity index (χ1n) is 9.32. The van der Waals surface area contributed by atoms with Gasteiger partial charge in [0.05, 0.1) is 11.4 Å². The van der Waals surface area contributed by atoms with Crippen LogP contribution in [0, 0.1) is 5.41 Å². The number of hydrogen-bond acceptors (Lipinski definition) is 4. The minimum Gasteiger partial charge on any atom is -0.356 e. The van der Waals surface area contributed by atoms with Gasteiger partial charge in [0.25, 0.3) is 10.0 Å². The molecule has 1 amide bonds. The molecule has 1 saturated heterocycles. The quantitative estimate of drug-likeness (QED) is 0.741. The molecule has 150 valence electrons. The van der Waals surface area contributed by atoms with Crippen molar-refractivity contribution in [1.29, 1.82) is 5.41 Å². The van der Waals surface area contributed by atoms with Gasteiger partial charge in [-0.05, 0) is 51.3 Å². The highest BCUT2D eigenvalue weighted by molar-refractivity contribution is 7.89. The summed E-state index contributed by atoms with van der Waals surface area (Å²) in [4.78, 5) is 13.4. The summed E-state index contributed by atoms with van der Waals surface area (Å²) < 4.78 is 27.0. The second-order valence-electron chi connectivity index (χ2n) is 7.72. The number of benzene rings is 1. The summed E-state index contributed by atoms with van der Waals surface area (Å²) in [7, 11) is -3.74. The van der Waals surface area contributed by atoms with Crippen LogP contribution >= 0.6 is 0 Å². The Balaban J connectivity index is 2.03. The highest BCUT2D eigenvalue weighted by atomic mass is 32.2. The van der Waals surface area contributed by atoms with Crippen LogP contribution in [0.5, 0.6) is 0 Å². The van der Waals surface area contributed by atoms with Crippen LogP contribution < -0.4 is 5.32 Å². The normalized spacial score (nSPS) is 15.3. The fourth-order valence-corrected chi connectivity index (χ4v) is 4.42. The van der Waals surface area contributed by atoms with Gasteiger partial charge in [0.15, 0.2) is 0 Å². The topological polar surface area (TPSA) is 93.6 Å². The predicted molar refractivity (Wildman–Crippen MR) is 106 cm³/mol. The van der Waals surface area contributed by atoms with Gasteiger partial charge in [-0.15, -0.1) is 0 Å². The first-order chi connectivity index (χ1) is 12.6. The Morgan fingerprint density at radius 3 is 2.33 bits per heavy atom. The van der Waals surface area contributed by atoms with Gasteiger partial charge in [0.1, 0.15) is 0 Å². The summed E-state index contributed by atoms with van der Waals surface area (Å²) in [5.41, 5.74) is 0.659. The number of nitrogens with one attached hydrogen (secondary N) is 2. The summed E-state index contributed by atoms with van der Waals surface area (Å²) in [5, 5.41) is 11.1. The molecule has 0 aliphatic carbocycles. The lowest BCUT2D eigenvalue weighted by Gasteiger charge is -2.33. The van der Waals surface area contributed by atoms with Gasteiger partial charge in [-0.25, -0.2) is 12.7 Å². The van der Waals surface area contributed by atoms with Crippen LogP contribution in [0.25, 0.3) is 0 Å². The van der Waals surface area contributed by atoms with Crippen molar-refractivity contribution in [3.63, 3.8) is 0 Å². The summed E-state index contributed by atoms with van der Waals surface area (Å²) in [6.45, 7) is 9.17. The Morgan fingerprint density at radius 1 is 1.19 bits per heavy atom. The van der Waals surface area contributed by atoms with Crippen molar-refractivity contribution in [3.8, 4) is 0 Å². The van der Waals surface area contributed by atoms with Crippen molar-refractivity contribution in [2.75, 3.05) is 19.6 Å². The van der Waals surface area contributed by atoms with Crippen LogP contribution in [-0.4, -0.2) is 54.7 Å². The van der Waals surface area contributed by atoms with Gasteiger partial charge in [0.2, 0.25) is 11.9 Å². The molecule has 1 aromatic carbocycles. The smallest absolute Gasteiger partial charge is 0.266 e. The van der Waals surface area contributed by atoms with Crippen LogP contribution in [0.1, 0.15) is 46.1 Å². The van der Waals surface area contributed by atoms with E-state index in [1.807, 2.05) is 27.7 Å². The van der Waals surface area contributed by atoms with Crippen LogP contribution in [0.15, 0.2) is 29.2 Å². The fraction of sp³-hybridized carbons (Fsp3) is 0.579. The Hall–Kier alpha value is -2.09. The number of rotatable bonds is 7. The standard InChI is InChI=1S/C19H30N4O3S/c1-5-6-17(24)21-12-11-15-7-9-16(10-8-15)27(25,26)23-14-13-22(18(23)20)19(2,3)4/h7-10,20H,5-6,11-14H2,1-4H3,(H,21,24). The monoisotopic (exact) mass is 394 g/mol. The molecule has 0 aromatic heterocycles. The Bertz CT molecular complexity index is 782. The number of carbonyl (C=O) groups is 1. The molecule has 1 aliphatic heterocycles. The van der Waals surface area contributed by atoms with Crippen LogP contribution in [-0.2, 0) is 21.2 Å². The van der Waals surface area contributed by atoms with Gasteiger partial charge in [-0.2, -0.15) is 0 Å². The summed E-state index contributed by atoms with van der Waals surface area (Å²) >= 11 is 0. The van der Waals surface area contributed by atoms with E-state index >= 15 is 0 Å². The molecule has 8 heteroatoms. The molecule has 0 saturated carbocycles. The van der Waals surface area contributed by atoms with Crippen LogP contribution in [0.4, 0.5) is 0 Å². The summed E-state index contributed by atoms with van der Waals surface area (Å²) in [6.07, 6.45) is 1.98. The molecule has 1 fully saturated rings. The fourth-order valence-electron chi connectivity index (χ4n) is 3.04. The minimum absolute atomic E-state index is 0.0187. The van der Waals surface area contributed by atoms with E-state index in [9.17, 15) is 13.2 Å². The van der Waals surface area contributed by atoms with Crippen molar-refractivity contribution < 1.29 is 13.2 Å². The van der Waals surface area contributed by atoms with Crippen molar-refractivity contribution in [2.45, 2.75) is 57.4 Å². The Kier molecular flexibility index (Phi) is 6.51. The molecule has 0 spiro atoms. The number of nitrogens with zero attached hydrogens (tertiary/aromatic N) is 2. The maximum atomic E-state index is 12.9. The molecule has 1 aromatic rings. The predicted octanol–water partition coefficient (Wildman–Crippen LogP) is 2.18. The van der Waals surface area contributed by atoms with Crippen molar-refractivity contribution in [2.24, 2.45) is 0 Å². The zero-order valence-electron chi connectivity index (χ0n) is 16.6. The largest absolute Gasteiger partial charge is 0.356 e. The maximum Gasteiger partial charge on any atom is 0.266 e. The zero-order valence-corrected chi connectivity index (χ0v) is 17.4. The van der Waals surface area contributed by atoms with Gasteiger partial charge in [0, 0.05) is 25.0 Å². The minimum atomic E-state index is -3.74. The highest BCUT2D eigenvalue weighted by Gasteiger charge is 2.39. The highest BCUT2D eigenvalue weighted by Crippen LogP contribution is 2.25. The lowest BCUT2D eigenvalue weighted by molar-refractivity contribution is -0.121. The zero-order chi connectivity index (χ0) is 20.2. The molecule has 0 bridgehead atoms. The van der Waals surface area contributed by atoms with Crippen molar-refractivity contribution >= 4 is 21.9 Å². The van der Waals surface area contributed by atoms with Gasteiger partial charge in [-0.1, -0.05) is 19.1 Å². The number of amides is 1. The first-order valence-corrected chi connectivity index (χ1v) is 10.8. The molecular weight excluding hydrogens is 364 g/mol. The van der Waals surface area contributed by atoms with Crippen molar-refractivity contribution in [3.05, 3.63) is 29.8 Å². The first kappa shape index (κ1) is 21.2. The third-order valence-corrected chi connectivity index (χ3v) is 6.36. The molecule has 1 aliphatic rings. The van der Waals surface area contributed by atoms with E-state index < -0.39 is 10.0 Å². The van der Waals surface area contributed by atoms with Crippen LogP contribution in [0.2, 0.25) is 0 Å². The lowest BCUT2D eigenvalue weighted by Crippen LogP contribution is -2.45. The van der Waals surface area contributed by atoms with E-state index in [0.717, 1.165) is 16.3 Å². The number of guanidine groups is 1. The second kappa shape index (κ2) is 8.29. The third kappa shape index (κ3) is 5.00. The van der Waals surface area contributed by atoms with Crippen molar-refractivity contribution in [1.82, 2.24) is 14.5 Å². The number of carbonyl (C=O) groups excluding carboxylic acids is 1.